The van der Waals surface area contributed by atoms with Crippen molar-refractivity contribution in [2.75, 3.05) is 19.8 Å². The van der Waals surface area contributed by atoms with Gasteiger partial charge < -0.3 is 19.5 Å². The Morgan fingerprint density at radius 2 is 1.91 bits per heavy atom. The maximum Gasteiger partial charge on any atom is 0.339 e. The van der Waals surface area contributed by atoms with E-state index >= 15 is 0 Å². The molecule has 8 heteroatoms. The van der Waals surface area contributed by atoms with E-state index in [1.165, 1.54) is 19.1 Å². The summed E-state index contributed by atoms with van der Waals surface area (Å²) in [5.41, 5.74) is 0.229. The quantitative estimate of drug-likeness (QED) is 0.797. The number of ether oxygens (including phenoxy) is 3. The number of nitrogens with one attached hydrogen (secondary N) is 2. The number of carbonyl (C=O) groups is 3. The zero-order valence-electron chi connectivity index (χ0n) is 12.9. The molecule has 0 saturated carbocycles. The topological polar surface area (TPSA) is 103 Å². The number of imide groups is 1. The molecule has 8 nitrogen and oxygen atoms in total. The zero-order valence-corrected chi connectivity index (χ0v) is 12.9. The van der Waals surface area contributed by atoms with Crippen LogP contribution in [0.3, 0.4) is 0 Å². The Morgan fingerprint density at radius 3 is 2.61 bits per heavy atom. The second-order valence-corrected chi connectivity index (χ2v) is 4.75. The van der Waals surface area contributed by atoms with Gasteiger partial charge in [-0.25, -0.2) is 9.59 Å². The molecule has 3 amide bonds. The molecule has 1 heterocycles. The fraction of sp³-hybridized carbons (Fsp3) is 0.400. The summed E-state index contributed by atoms with van der Waals surface area (Å²) in [6, 6.07) is 3.97. The van der Waals surface area contributed by atoms with E-state index < -0.39 is 24.0 Å². The number of hydrogen-bond donors (Lipinski definition) is 2. The lowest BCUT2D eigenvalue weighted by atomic mass is 10.2. The summed E-state index contributed by atoms with van der Waals surface area (Å²) in [5, 5.41) is 4.49. The molecule has 0 aliphatic carbocycles. The van der Waals surface area contributed by atoms with Gasteiger partial charge in [-0.1, -0.05) is 0 Å². The van der Waals surface area contributed by atoms with E-state index in [-0.39, 0.29) is 5.56 Å². The van der Waals surface area contributed by atoms with Crippen molar-refractivity contribution in [1.29, 1.82) is 0 Å². The van der Waals surface area contributed by atoms with Gasteiger partial charge in [0.15, 0.2) is 17.6 Å². The number of carbonyl (C=O) groups excluding carboxylic acids is 3. The number of amides is 3. The first-order valence-electron chi connectivity index (χ1n) is 7.20. The number of hydrogen-bond acceptors (Lipinski definition) is 6. The normalized spacial score (nSPS) is 13.7. The van der Waals surface area contributed by atoms with Gasteiger partial charge in [0.05, 0.1) is 5.56 Å². The maximum absolute atomic E-state index is 12.1. The van der Waals surface area contributed by atoms with Crippen LogP contribution < -0.4 is 20.1 Å². The largest absolute Gasteiger partial charge is 0.486 e. The van der Waals surface area contributed by atoms with Crippen molar-refractivity contribution >= 4 is 17.9 Å². The van der Waals surface area contributed by atoms with Crippen molar-refractivity contribution in [3.8, 4) is 11.5 Å². The van der Waals surface area contributed by atoms with Crippen LogP contribution in [0.4, 0.5) is 4.79 Å². The number of rotatable bonds is 4. The van der Waals surface area contributed by atoms with Crippen molar-refractivity contribution in [3.63, 3.8) is 0 Å². The first-order valence-corrected chi connectivity index (χ1v) is 7.20. The minimum atomic E-state index is -1.11. The minimum absolute atomic E-state index is 0.229. The first-order chi connectivity index (χ1) is 11.0. The van der Waals surface area contributed by atoms with Crippen molar-refractivity contribution in [3.05, 3.63) is 23.8 Å². The fourth-order valence-corrected chi connectivity index (χ4v) is 1.87. The molecular formula is C15H18N2O6. The van der Waals surface area contributed by atoms with Crippen molar-refractivity contribution in [2.24, 2.45) is 0 Å². The van der Waals surface area contributed by atoms with Crippen LogP contribution in [0.15, 0.2) is 18.2 Å². The molecule has 1 aliphatic rings. The van der Waals surface area contributed by atoms with Gasteiger partial charge >= 0.3 is 12.0 Å². The molecule has 0 fully saturated rings. The third-order valence-electron chi connectivity index (χ3n) is 3.00. The number of fused-ring (bicyclic) bond motifs is 1. The molecule has 1 aromatic carbocycles. The van der Waals surface area contributed by atoms with Gasteiger partial charge in [-0.2, -0.15) is 0 Å². The predicted molar refractivity (Wildman–Crippen MR) is 79.5 cm³/mol. The smallest absolute Gasteiger partial charge is 0.339 e. The molecule has 1 unspecified atom stereocenters. The van der Waals surface area contributed by atoms with Crippen LogP contribution in [-0.2, 0) is 9.53 Å². The summed E-state index contributed by atoms with van der Waals surface area (Å²) in [5.74, 6) is -0.401. The van der Waals surface area contributed by atoms with E-state index in [4.69, 9.17) is 14.2 Å². The van der Waals surface area contributed by atoms with Crippen LogP contribution >= 0.6 is 0 Å². The Kier molecular flexibility index (Phi) is 5.40. The SMILES string of the molecule is CCNC(=O)NC(=O)C(C)OC(=O)c1ccc2c(c1)OCCO2. The van der Waals surface area contributed by atoms with Gasteiger partial charge in [-0.15, -0.1) is 0 Å². The summed E-state index contributed by atoms with van der Waals surface area (Å²) in [6.07, 6.45) is -1.11. The molecule has 0 aromatic heterocycles. The number of urea groups is 1. The molecule has 2 N–H and O–H groups in total. The zero-order chi connectivity index (χ0) is 16.8. The highest BCUT2D eigenvalue weighted by atomic mass is 16.6. The summed E-state index contributed by atoms with van der Waals surface area (Å²) < 4.78 is 15.8. The molecule has 1 aliphatic heterocycles. The molecule has 23 heavy (non-hydrogen) atoms. The van der Waals surface area contributed by atoms with Gasteiger partial charge in [0.2, 0.25) is 0 Å². The molecule has 0 radical (unpaired) electrons. The van der Waals surface area contributed by atoms with Gasteiger partial charge in [0.25, 0.3) is 5.91 Å². The van der Waals surface area contributed by atoms with Crippen LogP contribution in [0.5, 0.6) is 11.5 Å². The van der Waals surface area contributed by atoms with Crippen molar-refractivity contribution in [2.45, 2.75) is 20.0 Å². The monoisotopic (exact) mass is 322 g/mol. The van der Waals surface area contributed by atoms with Crippen molar-refractivity contribution in [1.82, 2.24) is 10.6 Å². The molecule has 124 valence electrons. The van der Waals surface area contributed by atoms with E-state index in [1.807, 2.05) is 0 Å². The Morgan fingerprint density at radius 1 is 1.22 bits per heavy atom. The summed E-state index contributed by atoms with van der Waals surface area (Å²) in [6.45, 7) is 4.33. The molecule has 1 atom stereocenters. The van der Waals surface area contributed by atoms with Gasteiger partial charge in [0, 0.05) is 6.54 Å². The summed E-state index contributed by atoms with van der Waals surface area (Å²) >= 11 is 0. The van der Waals surface area contributed by atoms with E-state index in [1.54, 1.807) is 13.0 Å². The fourth-order valence-electron chi connectivity index (χ4n) is 1.87. The number of benzene rings is 1. The summed E-state index contributed by atoms with van der Waals surface area (Å²) in [4.78, 5) is 35.1. The molecule has 0 spiro atoms. The lowest BCUT2D eigenvalue weighted by Gasteiger charge is -2.19. The Hall–Kier alpha value is -2.77. The molecule has 0 bridgehead atoms. The van der Waals surface area contributed by atoms with Crippen LogP contribution in [0.1, 0.15) is 24.2 Å². The van der Waals surface area contributed by atoms with E-state index in [2.05, 4.69) is 10.6 Å². The Balaban J connectivity index is 1.95. The second-order valence-electron chi connectivity index (χ2n) is 4.75. The third-order valence-corrected chi connectivity index (χ3v) is 3.00. The summed E-state index contributed by atoms with van der Waals surface area (Å²) in [7, 11) is 0. The highest BCUT2D eigenvalue weighted by molar-refractivity contribution is 5.98. The average Bonchev–Trinajstić information content (AvgIpc) is 2.54. The van der Waals surface area contributed by atoms with Crippen LogP contribution in [-0.4, -0.2) is 43.8 Å². The molecule has 2 rings (SSSR count). The van der Waals surface area contributed by atoms with Gasteiger partial charge in [-0.3, -0.25) is 10.1 Å². The first kappa shape index (κ1) is 16.6. The highest BCUT2D eigenvalue weighted by Crippen LogP contribution is 2.30. The van der Waals surface area contributed by atoms with Crippen LogP contribution in [0.25, 0.3) is 0 Å². The standard InChI is InChI=1S/C15H18N2O6/c1-3-16-15(20)17-13(18)9(2)23-14(19)10-4-5-11-12(8-10)22-7-6-21-11/h4-5,8-9H,3,6-7H2,1-2H3,(H2,16,17,18,20). The third kappa shape index (κ3) is 4.35. The average molecular weight is 322 g/mol. The van der Waals surface area contributed by atoms with Crippen LogP contribution in [0, 0.1) is 0 Å². The Labute approximate surface area is 133 Å². The highest BCUT2D eigenvalue weighted by Gasteiger charge is 2.22. The van der Waals surface area contributed by atoms with E-state index in [0.29, 0.717) is 31.3 Å². The van der Waals surface area contributed by atoms with E-state index in [0.717, 1.165) is 0 Å². The van der Waals surface area contributed by atoms with E-state index in [9.17, 15) is 14.4 Å². The lowest BCUT2D eigenvalue weighted by molar-refractivity contribution is -0.127. The lowest BCUT2D eigenvalue weighted by Crippen LogP contribution is -2.44. The van der Waals surface area contributed by atoms with Crippen LogP contribution in [0.2, 0.25) is 0 Å². The predicted octanol–water partition coefficient (Wildman–Crippen LogP) is 0.849. The molecule has 0 saturated heterocycles. The van der Waals surface area contributed by atoms with Crippen molar-refractivity contribution < 1.29 is 28.6 Å². The minimum Gasteiger partial charge on any atom is -0.486 e. The number of esters is 1. The second kappa shape index (κ2) is 7.48. The maximum atomic E-state index is 12.1. The molecular weight excluding hydrogens is 304 g/mol. The van der Waals surface area contributed by atoms with Gasteiger partial charge in [-0.05, 0) is 32.0 Å². The van der Waals surface area contributed by atoms with Gasteiger partial charge in [0.1, 0.15) is 13.2 Å². The molecule has 1 aromatic rings. The Bertz CT molecular complexity index is 616.